The molecule has 6 nitrogen and oxygen atoms in total. The van der Waals surface area contributed by atoms with Crippen LogP contribution in [0.25, 0.3) is 0 Å². The fourth-order valence-electron chi connectivity index (χ4n) is 3.03. The van der Waals surface area contributed by atoms with E-state index in [1.165, 1.54) is 0 Å². The van der Waals surface area contributed by atoms with Crippen LogP contribution in [0.3, 0.4) is 0 Å². The topological polar surface area (TPSA) is 68.2 Å². The average molecular weight is 343 g/mol. The molecule has 0 aromatic heterocycles. The second kappa shape index (κ2) is 7.44. The third kappa shape index (κ3) is 3.85. The van der Waals surface area contributed by atoms with Gasteiger partial charge in [-0.25, -0.2) is 0 Å². The van der Waals surface area contributed by atoms with Crippen LogP contribution in [0.15, 0.2) is 42.5 Å². The molecule has 1 atom stereocenters. The molecule has 25 heavy (non-hydrogen) atoms. The Morgan fingerprint density at radius 2 is 2.04 bits per heavy atom. The highest BCUT2D eigenvalue weighted by atomic mass is 16.5. The summed E-state index contributed by atoms with van der Waals surface area (Å²) in [6, 6.07) is 13.3. The van der Waals surface area contributed by atoms with Gasteiger partial charge in [-0.1, -0.05) is 24.3 Å². The van der Waals surface area contributed by atoms with Crippen molar-refractivity contribution in [2.45, 2.75) is 12.6 Å². The Bertz CT molecular complexity index is 761. The first kappa shape index (κ1) is 17.1. The van der Waals surface area contributed by atoms with Crippen LogP contribution in [0, 0.1) is 0 Å². The van der Waals surface area contributed by atoms with E-state index in [-0.39, 0.29) is 12.6 Å². The Morgan fingerprint density at radius 1 is 1.24 bits per heavy atom. The molecule has 2 aromatic carbocycles. The summed E-state index contributed by atoms with van der Waals surface area (Å²) in [5.74, 6) is 1.17. The molecule has 0 aliphatic carbocycles. The fraction of sp³-hybridized carbons (Fsp3) is 0.316. The van der Waals surface area contributed by atoms with Crippen LogP contribution >= 0.6 is 0 Å². The van der Waals surface area contributed by atoms with Crippen molar-refractivity contribution in [1.82, 2.24) is 4.90 Å². The third-order valence-corrected chi connectivity index (χ3v) is 4.18. The number of hydrogen-bond donors (Lipinski definition) is 1. The number of hydrogen-bond acceptors (Lipinski definition) is 5. The summed E-state index contributed by atoms with van der Waals surface area (Å²) in [6.45, 7) is 0.886. The molecule has 0 radical (unpaired) electrons. The van der Waals surface area contributed by atoms with E-state index >= 15 is 0 Å². The number of benzene rings is 2. The second-order valence-electron chi connectivity index (χ2n) is 5.89. The first-order valence-electron chi connectivity index (χ1n) is 8.01. The Balaban J connectivity index is 2.00. The first-order chi connectivity index (χ1) is 12.1. The lowest BCUT2D eigenvalue weighted by Gasteiger charge is -2.23. The standard InChI is InChI=1S/C19H21NO5/c1-23-15-7-3-5-13(9-15)17-11-20(12-18(21)22)10-14-6-4-8-16(24-2)19(14)25-17/h3-9,17H,10-12H2,1-2H3,(H,21,22)/t17-/m0/s1. The molecule has 1 N–H and O–H groups in total. The van der Waals surface area contributed by atoms with Crippen molar-refractivity contribution in [2.75, 3.05) is 27.3 Å². The normalized spacial score (nSPS) is 17.1. The monoisotopic (exact) mass is 343 g/mol. The van der Waals surface area contributed by atoms with Gasteiger partial charge in [-0.2, -0.15) is 0 Å². The predicted molar refractivity (Wildman–Crippen MR) is 92.3 cm³/mol. The van der Waals surface area contributed by atoms with Gasteiger partial charge in [-0.05, 0) is 23.8 Å². The van der Waals surface area contributed by atoms with Crippen LogP contribution in [-0.2, 0) is 11.3 Å². The van der Waals surface area contributed by atoms with Crippen LogP contribution in [0.5, 0.6) is 17.2 Å². The van der Waals surface area contributed by atoms with Crippen molar-refractivity contribution >= 4 is 5.97 Å². The minimum atomic E-state index is -0.865. The number of carboxylic acids is 1. The molecule has 0 unspecified atom stereocenters. The number of rotatable bonds is 5. The van der Waals surface area contributed by atoms with Crippen molar-refractivity contribution in [3.63, 3.8) is 0 Å². The molecule has 0 spiro atoms. The van der Waals surface area contributed by atoms with Crippen molar-refractivity contribution < 1.29 is 24.1 Å². The molecule has 6 heteroatoms. The molecular formula is C19H21NO5. The Labute approximate surface area is 146 Å². The summed E-state index contributed by atoms with van der Waals surface area (Å²) in [7, 11) is 3.21. The molecular weight excluding hydrogens is 322 g/mol. The van der Waals surface area contributed by atoms with E-state index in [0.29, 0.717) is 24.6 Å². The van der Waals surface area contributed by atoms with Crippen LogP contribution < -0.4 is 14.2 Å². The molecule has 1 aliphatic rings. The van der Waals surface area contributed by atoms with E-state index in [1.54, 1.807) is 14.2 Å². The highest BCUT2D eigenvalue weighted by Crippen LogP contribution is 2.38. The van der Waals surface area contributed by atoms with Crippen LogP contribution in [0.1, 0.15) is 17.2 Å². The lowest BCUT2D eigenvalue weighted by atomic mass is 10.1. The lowest BCUT2D eigenvalue weighted by molar-refractivity contribution is -0.138. The summed E-state index contributed by atoms with van der Waals surface area (Å²) < 4.78 is 17.0. The number of methoxy groups -OCH3 is 2. The summed E-state index contributed by atoms with van der Waals surface area (Å²) in [6.07, 6.45) is -0.327. The number of fused-ring (bicyclic) bond motifs is 1. The minimum Gasteiger partial charge on any atom is -0.497 e. The van der Waals surface area contributed by atoms with E-state index in [1.807, 2.05) is 47.4 Å². The van der Waals surface area contributed by atoms with E-state index in [2.05, 4.69) is 0 Å². The van der Waals surface area contributed by atoms with Crippen molar-refractivity contribution in [2.24, 2.45) is 0 Å². The highest BCUT2D eigenvalue weighted by molar-refractivity contribution is 5.69. The van der Waals surface area contributed by atoms with Gasteiger partial charge >= 0.3 is 5.97 Å². The average Bonchev–Trinajstić information content (AvgIpc) is 2.80. The first-order valence-corrected chi connectivity index (χ1v) is 8.01. The predicted octanol–water partition coefficient (Wildman–Crippen LogP) is 2.72. The molecule has 0 saturated carbocycles. The van der Waals surface area contributed by atoms with Crippen molar-refractivity contribution in [1.29, 1.82) is 0 Å². The zero-order valence-electron chi connectivity index (χ0n) is 14.3. The van der Waals surface area contributed by atoms with E-state index in [9.17, 15) is 9.90 Å². The molecule has 0 bridgehead atoms. The molecule has 0 fully saturated rings. The van der Waals surface area contributed by atoms with Gasteiger partial charge in [0.25, 0.3) is 0 Å². The third-order valence-electron chi connectivity index (χ3n) is 4.18. The molecule has 0 amide bonds. The van der Waals surface area contributed by atoms with Gasteiger partial charge in [-0.15, -0.1) is 0 Å². The lowest BCUT2D eigenvalue weighted by Crippen LogP contribution is -2.32. The maximum Gasteiger partial charge on any atom is 0.317 e. The van der Waals surface area contributed by atoms with Gasteiger partial charge in [0.2, 0.25) is 0 Å². The van der Waals surface area contributed by atoms with E-state index in [0.717, 1.165) is 16.9 Å². The number of para-hydroxylation sites is 1. The van der Waals surface area contributed by atoms with Crippen LogP contribution in [-0.4, -0.2) is 43.3 Å². The summed E-state index contributed by atoms with van der Waals surface area (Å²) in [5, 5.41) is 9.22. The zero-order chi connectivity index (χ0) is 17.8. The Hall–Kier alpha value is -2.73. The Kier molecular flexibility index (Phi) is 5.09. The van der Waals surface area contributed by atoms with E-state index < -0.39 is 5.97 Å². The summed E-state index contributed by atoms with van der Waals surface area (Å²) in [5.41, 5.74) is 1.83. The smallest absolute Gasteiger partial charge is 0.317 e. The largest absolute Gasteiger partial charge is 0.497 e. The quantitative estimate of drug-likeness (QED) is 0.900. The van der Waals surface area contributed by atoms with Gasteiger partial charge in [0, 0.05) is 18.7 Å². The highest BCUT2D eigenvalue weighted by Gasteiger charge is 2.27. The number of carboxylic acid groups (broad SMARTS) is 1. The maximum absolute atomic E-state index is 11.2. The van der Waals surface area contributed by atoms with Crippen LogP contribution in [0.2, 0.25) is 0 Å². The molecule has 0 saturated heterocycles. The maximum atomic E-state index is 11.2. The number of ether oxygens (including phenoxy) is 3. The number of nitrogens with zero attached hydrogens (tertiary/aromatic N) is 1. The zero-order valence-corrected chi connectivity index (χ0v) is 14.3. The van der Waals surface area contributed by atoms with Gasteiger partial charge in [-0.3, -0.25) is 9.69 Å². The van der Waals surface area contributed by atoms with Crippen molar-refractivity contribution in [3.8, 4) is 17.2 Å². The van der Waals surface area contributed by atoms with Gasteiger partial charge in [0.05, 0.1) is 20.8 Å². The van der Waals surface area contributed by atoms with Gasteiger partial charge in [0.15, 0.2) is 11.5 Å². The van der Waals surface area contributed by atoms with Crippen molar-refractivity contribution in [3.05, 3.63) is 53.6 Å². The second-order valence-corrected chi connectivity index (χ2v) is 5.89. The molecule has 1 heterocycles. The summed E-state index contributed by atoms with van der Waals surface area (Å²) in [4.78, 5) is 13.1. The molecule has 3 rings (SSSR count). The number of carbonyl (C=O) groups is 1. The Morgan fingerprint density at radius 3 is 2.76 bits per heavy atom. The molecule has 132 valence electrons. The molecule has 2 aromatic rings. The number of aliphatic carboxylic acids is 1. The SMILES string of the molecule is COc1cccc([C@@H]2CN(CC(=O)O)Cc3cccc(OC)c3O2)c1. The summed E-state index contributed by atoms with van der Waals surface area (Å²) >= 11 is 0. The molecule has 1 aliphatic heterocycles. The minimum absolute atomic E-state index is 0.0551. The fourth-order valence-corrected chi connectivity index (χ4v) is 3.03. The van der Waals surface area contributed by atoms with Gasteiger partial charge in [0.1, 0.15) is 11.9 Å². The van der Waals surface area contributed by atoms with Gasteiger partial charge < -0.3 is 19.3 Å². The van der Waals surface area contributed by atoms with E-state index in [4.69, 9.17) is 14.2 Å². The van der Waals surface area contributed by atoms with Crippen LogP contribution in [0.4, 0.5) is 0 Å².